The fraction of sp³-hybridized carbons (Fsp3) is 0.500. The van der Waals surface area contributed by atoms with Gasteiger partial charge in [-0.05, 0) is 48.6 Å². The molecule has 2 aliphatic rings. The summed E-state index contributed by atoms with van der Waals surface area (Å²) in [7, 11) is 1.72. The number of amides is 2. The molecule has 0 unspecified atom stereocenters. The lowest BCUT2D eigenvalue weighted by atomic mass is 9.88. The quantitative estimate of drug-likeness (QED) is 0.837. The molecule has 28 heavy (non-hydrogen) atoms. The summed E-state index contributed by atoms with van der Waals surface area (Å²) >= 11 is 0. The van der Waals surface area contributed by atoms with E-state index in [1.165, 1.54) is 36.5 Å². The fourth-order valence-electron chi connectivity index (χ4n) is 4.02. The molecule has 1 aromatic carbocycles. The van der Waals surface area contributed by atoms with Gasteiger partial charge in [-0.15, -0.1) is 0 Å². The Hall–Kier alpha value is -2.63. The Morgan fingerprint density at radius 3 is 2.21 bits per heavy atom. The number of imidazole rings is 1. The van der Waals surface area contributed by atoms with Crippen LogP contribution in [0.5, 0.6) is 0 Å². The minimum absolute atomic E-state index is 0.131. The van der Waals surface area contributed by atoms with Crippen LogP contribution in [0, 0.1) is 0 Å². The van der Waals surface area contributed by atoms with Crippen LogP contribution < -0.4 is 0 Å². The van der Waals surface area contributed by atoms with Gasteiger partial charge in [0.2, 0.25) is 5.91 Å². The number of likely N-dealkylation sites (tertiary alicyclic amines) is 1. The number of carbonyl (C=O) groups excluding carboxylic acids is 2. The maximum atomic E-state index is 12.5. The molecular formula is C22H28N4O2. The number of benzene rings is 1. The number of aromatic nitrogens is 2. The van der Waals surface area contributed by atoms with Crippen molar-refractivity contribution in [1.29, 1.82) is 0 Å². The van der Waals surface area contributed by atoms with Crippen molar-refractivity contribution >= 4 is 11.8 Å². The Morgan fingerprint density at radius 1 is 1.07 bits per heavy atom. The van der Waals surface area contributed by atoms with Crippen LogP contribution in [0.2, 0.25) is 0 Å². The van der Waals surface area contributed by atoms with E-state index in [4.69, 9.17) is 0 Å². The van der Waals surface area contributed by atoms with E-state index in [1.54, 1.807) is 11.9 Å². The zero-order valence-electron chi connectivity index (χ0n) is 16.4. The van der Waals surface area contributed by atoms with Crippen molar-refractivity contribution in [1.82, 2.24) is 19.8 Å². The molecule has 0 bridgehead atoms. The van der Waals surface area contributed by atoms with Gasteiger partial charge >= 0.3 is 0 Å². The third-order valence-electron chi connectivity index (χ3n) is 6.04. The minimum Gasteiger partial charge on any atom is -0.343 e. The Bertz CT molecular complexity index is 804. The van der Waals surface area contributed by atoms with Crippen LogP contribution in [0.15, 0.2) is 36.8 Å². The van der Waals surface area contributed by atoms with Crippen LogP contribution >= 0.6 is 0 Å². The van der Waals surface area contributed by atoms with Crippen LogP contribution in [0.4, 0.5) is 0 Å². The molecular weight excluding hydrogens is 352 g/mol. The van der Waals surface area contributed by atoms with Gasteiger partial charge in [-0.1, -0.05) is 24.3 Å². The molecule has 1 aliphatic heterocycles. The van der Waals surface area contributed by atoms with Crippen molar-refractivity contribution in [3.05, 3.63) is 53.6 Å². The number of hydrogen-bond donors (Lipinski definition) is 1. The summed E-state index contributed by atoms with van der Waals surface area (Å²) < 4.78 is 0. The number of nitrogens with zero attached hydrogens (tertiary/aromatic N) is 3. The zero-order chi connectivity index (χ0) is 19.5. The molecule has 2 fully saturated rings. The average molecular weight is 380 g/mol. The van der Waals surface area contributed by atoms with Crippen LogP contribution in [-0.2, 0) is 4.79 Å². The van der Waals surface area contributed by atoms with Gasteiger partial charge in [0.25, 0.3) is 5.91 Å². The maximum Gasteiger partial charge on any atom is 0.271 e. The van der Waals surface area contributed by atoms with Gasteiger partial charge < -0.3 is 14.8 Å². The third-order valence-corrected chi connectivity index (χ3v) is 6.04. The van der Waals surface area contributed by atoms with E-state index in [2.05, 4.69) is 34.2 Å². The predicted octanol–water partition coefficient (Wildman–Crippen LogP) is 3.16. The summed E-state index contributed by atoms with van der Waals surface area (Å²) in [6, 6.07) is 9.14. The van der Waals surface area contributed by atoms with Crippen molar-refractivity contribution in [3.8, 4) is 0 Å². The van der Waals surface area contributed by atoms with E-state index in [-0.39, 0.29) is 11.8 Å². The SMILES string of the molecule is CN(CCC(=O)N1CCC(c2ccc(C3CC3)cc2)CC1)C(=O)c1cnc[nH]1. The van der Waals surface area contributed by atoms with E-state index in [0.29, 0.717) is 24.6 Å². The van der Waals surface area contributed by atoms with Gasteiger partial charge in [-0.3, -0.25) is 9.59 Å². The molecule has 2 amide bonds. The Kier molecular flexibility index (Phi) is 5.46. The topological polar surface area (TPSA) is 69.3 Å². The lowest BCUT2D eigenvalue weighted by Gasteiger charge is -2.32. The van der Waals surface area contributed by atoms with E-state index in [1.807, 2.05) is 4.90 Å². The molecule has 4 rings (SSSR count). The molecule has 6 nitrogen and oxygen atoms in total. The fourth-order valence-corrected chi connectivity index (χ4v) is 4.02. The van der Waals surface area contributed by atoms with Gasteiger partial charge in [-0.2, -0.15) is 0 Å². The van der Waals surface area contributed by atoms with E-state index < -0.39 is 0 Å². The highest BCUT2D eigenvalue weighted by molar-refractivity contribution is 5.92. The van der Waals surface area contributed by atoms with Crippen molar-refractivity contribution in [2.45, 2.75) is 43.9 Å². The van der Waals surface area contributed by atoms with Gasteiger partial charge in [0.05, 0.1) is 12.5 Å². The highest BCUT2D eigenvalue weighted by Gasteiger charge is 2.26. The number of carbonyl (C=O) groups is 2. The normalized spacial score (nSPS) is 17.5. The Labute approximate surface area is 165 Å². The number of piperidine rings is 1. The minimum atomic E-state index is -0.140. The molecule has 0 radical (unpaired) electrons. The number of hydrogen-bond acceptors (Lipinski definition) is 3. The molecule has 1 aliphatic carbocycles. The summed E-state index contributed by atoms with van der Waals surface area (Å²) in [6.45, 7) is 2.01. The number of aromatic amines is 1. The van der Waals surface area contributed by atoms with Crippen LogP contribution in [0.1, 0.15) is 65.6 Å². The van der Waals surface area contributed by atoms with Gasteiger partial charge in [-0.25, -0.2) is 4.98 Å². The van der Waals surface area contributed by atoms with E-state index >= 15 is 0 Å². The largest absolute Gasteiger partial charge is 0.343 e. The molecule has 1 saturated heterocycles. The second-order valence-corrected chi connectivity index (χ2v) is 8.04. The first kappa shape index (κ1) is 18.7. The highest BCUT2D eigenvalue weighted by Crippen LogP contribution is 2.40. The molecule has 2 heterocycles. The van der Waals surface area contributed by atoms with Crippen LogP contribution in [-0.4, -0.2) is 58.3 Å². The average Bonchev–Trinajstić information content (AvgIpc) is 3.45. The Morgan fingerprint density at radius 2 is 1.68 bits per heavy atom. The second kappa shape index (κ2) is 8.17. The van der Waals surface area contributed by atoms with Crippen molar-refractivity contribution in [2.24, 2.45) is 0 Å². The first-order valence-electron chi connectivity index (χ1n) is 10.2. The second-order valence-electron chi connectivity index (χ2n) is 8.04. The molecule has 148 valence electrons. The predicted molar refractivity (Wildman–Crippen MR) is 107 cm³/mol. The number of H-pyrrole nitrogens is 1. The lowest BCUT2D eigenvalue weighted by molar-refractivity contribution is -0.132. The number of nitrogens with one attached hydrogen (secondary N) is 1. The van der Waals surface area contributed by atoms with Crippen molar-refractivity contribution in [3.63, 3.8) is 0 Å². The molecule has 6 heteroatoms. The summed E-state index contributed by atoms with van der Waals surface area (Å²) in [6.07, 6.45) is 8.04. The van der Waals surface area contributed by atoms with Crippen LogP contribution in [0.25, 0.3) is 0 Å². The molecule has 1 N–H and O–H groups in total. The van der Waals surface area contributed by atoms with Gasteiger partial charge in [0, 0.05) is 33.1 Å². The first-order chi connectivity index (χ1) is 13.6. The van der Waals surface area contributed by atoms with Gasteiger partial charge in [0.15, 0.2) is 0 Å². The summed E-state index contributed by atoms with van der Waals surface area (Å²) in [5, 5.41) is 0. The van der Waals surface area contributed by atoms with E-state index in [0.717, 1.165) is 31.8 Å². The van der Waals surface area contributed by atoms with E-state index in [9.17, 15) is 9.59 Å². The molecule has 0 atom stereocenters. The van der Waals surface area contributed by atoms with Gasteiger partial charge in [0.1, 0.15) is 5.69 Å². The van der Waals surface area contributed by atoms with Crippen molar-refractivity contribution < 1.29 is 9.59 Å². The maximum absolute atomic E-state index is 12.5. The first-order valence-corrected chi connectivity index (χ1v) is 10.2. The molecule has 1 saturated carbocycles. The van der Waals surface area contributed by atoms with Crippen LogP contribution in [0.3, 0.4) is 0 Å². The van der Waals surface area contributed by atoms with Crippen molar-refractivity contribution in [2.75, 3.05) is 26.7 Å². The summed E-state index contributed by atoms with van der Waals surface area (Å²) in [5.41, 5.74) is 3.33. The highest BCUT2D eigenvalue weighted by atomic mass is 16.2. The molecule has 0 spiro atoms. The third kappa shape index (κ3) is 4.26. The molecule has 2 aromatic rings. The molecule has 1 aromatic heterocycles. The standard InChI is InChI=1S/C22H28N4O2/c1-25(22(28)20-14-23-15-24-20)11-10-21(27)26-12-8-19(9-13-26)18-6-4-17(5-7-18)16-2-3-16/h4-7,14-16,19H,2-3,8-13H2,1H3,(H,23,24). The smallest absolute Gasteiger partial charge is 0.271 e. The monoisotopic (exact) mass is 380 g/mol. The summed E-state index contributed by atoms with van der Waals surface area (Å²) in [4.78, 5) is 34.9. The zero-order valence-corrected chi connectivity index (χ0v) is 16.4. The summed E-state index contributed by atoms with van der Waals surface area (Å²) in [5.74, 6) is 1.33. The number of rotatable bonds is 6. The lowest BCUT2D eigenvalue weighted by Crippen LogP contribution is -2.40. The Balaban J connectivity index is 1.23.